The van der Waals surface area contributed by atoms with Crippen molar-refractivity contribution in [2.75, 3.05) is 18.5 Å². The summed E-state index contributed by atoms with van der Waals surface area (Å²) in [7, 11) is 0. The molecule has 0 radical (unpaired) electrons. The normalized spacial score (nSPS) is 20.1. The van der Waals surface area contributed by atoms with Gasteiger partial charge in [-0.15, -0.1) is 0 Å². The second-order valence-corrected chi connectivity index (χ2v) is 5.19. The second kappa shape index (κ2) is 6.69. The number of ether oxygens (including phenoxy) is 1. The average Bonchev–Trinajstić information content (AvgIpc) is 2.40. The minimum atomic E-state index is 0.428. The number of hydrogen-bond acceptors (Lipinski definition) is 4. The Hall–Kier alpha value is -1.16. The van der Waals surface area contributed by atoms with E-state index in [1.807, 2.05) is 6.07 Å². The van der Waals surface area contributed by atoms with Gasteiger partial charge in [0.1, 0.15) is 12.1 Å². The van der Waals surface area contributed by atoms with Gasteiger partial charge in [0.15, 0.2) is 0 Å². The maximum atomic E-state index is 5.71. The first-order valence-electron chi connectivity index (χ1n) is 6.93. The Balaban J connectivity index is 1.77. The van der Waals surface area contributed by atoms with Crippen molar-refractivity contribution in [3.05, 3.63) is 18.1 Å². The smallest absolute Gasteiger partial charge is 0.129 e. The number of hydrogen-bond donors (Lipinski definition) is 1. The summed E-state index contributed by atoms with van der Waals surface area (Å²) in [5.41, 5.74) is 1.08. The molecule has 1 saturated heterocycles. The Bertz CT molecular complexity index is 362. The summed E-state index contributed by atoms with van der Waals surface area (Å²) in [4.78, 5) is 8.50. The van der Waals surface area contributed by atoms with E-state index in [0.717, 1.165) is 31.1 Å². The van der Waals surface area contributed by atoms with Crippen LogP contribution in [-0.2, 0) is 4.74 Å². The van der Waals surface area contributed by atoms with Crippen molar-refractivity contribution >= 4 is 5.82 Å². The summed E-state index contributed by atoms with van der Waals surface area (Å²) in [6.45, 7) is 6.12. The number of aromatic nitrogens is 2. The molecule has 1 aromatic heterocycles. The van der Waals surface area contributed by atoms with Gasteiger partial charge in [0.2, 0.25) is 0 Å². The lowest BCUT2D eigenvalue weighted by atomic mass is 10.1. The third kappa shape index (κ3) is 3.95. The monoisotopic (exact) mass is 249 g/mol. The maximum absolute atomic E-state index is 5.71. The van der Waals surface area contributed by atoms with Crippen molar-refractivity contribution in [3.63, 3.8) is 0 Å². The van der Waals surface area contributed by atoms with E-state index in [9.17, 15) is 0 Å². The van der Waals surface area contributed by atoms with E-state index in [1.165, 1.54) is 19.3 Å². The van der Waals surface area contributed by atoms with Crippen LogP contribution < -0.4 is 5.32 Å². The molecule has 0 bridgehead atoms. The molecular formula is C14H23N3O. The van der Waals surface area contributed by atoms with Gasteiger partial charge in [-0.25, -0.2) is 9.97 Å². The Morgan fingerprint density at radius 1 is 1.39 bits per heavy atom. The summed E-state index contributed by atoms with van der Waals surface area (Å²) in [5, 5.41) is 3.36. The summed E-state index contributed by atoms with van der Waals surface area (Å²) < 4.78 is 5.71. The van der Waals surface area contributed by atoms with Crippen LogP contribution in [0.1, 0.15) is 51.1 Å². The van der Waals surface area contributed by atoms with Gasteiger partial charge in [0.25, 0.3) is 0 Å². The molecule has 1 atom stereocenters. The lowest BCUT2D eigenvalue weighted by Gasteiger charge is -2.22. The van der Waals surface area contributed by atoms with Gasteiger partial charge in [-0.3, -0.25) is 0 Å². The third-order valence-electron chi connectivity index (χ3n) is 3.33. The van der Waals surface area contributed by atoms with E-state index in [-0.39, 0.29) is 0 Å². The van der Waals surface area contributed by atoms with Crippen molar-refractivity contribution < 1.29 is 4.74 Å². The fourth-order valence-corrected chi connectivity index (χ4v) is 2.18. The Morgan fingerprint density at radius 3 is 3.00 bits per heavy atom. The molecule has 2 heterocycles. The van der Waals surface area contributed by atoms with Crippen molar-refractivity contribution in [2.24, 2.45) is 0 Å². The lowest BCUT2D eigenvalue weighted by molar-refractivity contribution is 0.0134. The highest BCUT2D eigenvalue weighted by atomic mass is 16.5. The van der Waals surface area contributed by atoms with Crippen LogP contribution in [0.4, 0.5) is 5.82 Å². The SMILES string of the molecule is CC(C)c1cc(NCC[C@H]2CCCCO2)ncn1. The highest BCUT2D eigenvalue weighted by molar-refractivity contribution is 5.35. The van der Waals surface area contributed by atoms with E-state index >= 15 is 0 Å². The molecule has 2 rings (SSSR count). The number of nitrogens with one attached hydrogen (secondary N) is 1. The van der Waals surface area contributed by atoms with Gasteiger partial charge < -0.3 is 10.1 Å². The lowest BCUT2D eigenvalue weighted by Crippen LogP contribution is -2.22. The quantitative estimate of drug-likeness (QED) is 0.871. The molecule has 18 heavy (non-hydrogen) atoms. The van der Waals surface area contributed by atoms with E-state index in [2.05, 4.69) is 29.1 Å². The molecule has 1 N–H and O–H groups in total. The van der Waals surface area contributed by atoms with Crippen molar-refractivity contribution in [1.82, 2.24) is 9.97 Å². The molecule has 1 aromatic rings. The van der Waals surface area contributed by atoms with E-state index < -0.39 is 0 Å². The first kappa shape index (κ1) is 13.3. The van der Waals surface area contributed by atoms with Crippen LogP contribution >= 0.6 is 0 Å². The molecule has 0 unspecified atom stereocenters. The zero-order valence-corrected chi connectivity index (χ0v) is 11.4. The summed E-state index contributed by atoms with van der Waals surface area (Å²) in [5.74, 6) is 1.36. The highest BCUT2D eigenvalue weighted by Crippen LogP contribution is 2.16. The van der Waals surface area contributed by atoms with E-state index in [0.29, 0.717) is 12.0 Å². The fourth-order valence-electron chi connectivity index (χ4n) is 2.18. The van der Waals surface area contributed by atoms with Crippen LogP contribution in [0.5, 0.6) is 0 Å². The zero-order chi connectivity index (χ0) is 12.8. The molecule has 0 spiro atoms. The number of anilines is 1. The molecule has 0 saturated carbocycles. The molecule has 1 aliphatic heterocycles. The maximum Gasteiger partial charge on any atom is 0.129 e. The molecular weight excluding hydrogens is 226 g/mol. The van der Waals surface area contributed by atoms with Crippen molar-refractivity contribution in [1.29, 1.82) is 0 Å². The Labute approximate surface area is 109 Å². The van der Waals surface area contributed by atoms with Crippen LogP contribution in [0.25, 0.3) is 0 Å². The Kier molecular flexibility index (Phi) is 4.93. The fraction of sp³-hybridized carbons (Fsp3) is 0.714. The molecule has 1 aliphatic rings. The van der Waals surface area contributed by atoms with Crippen LogP contribution in [0, 0.1) is 0 Å². The largest absolute Gasteiger partial charge is 0.378 e. The van der Waals surface area contributed by atoms with Gasteiger partial charge in [0, 0.05) is 24.9 Å². The van der Waals surface area contributed by atoms with Gasteiger partial charge in [0.05, 0.1) is 6.10 Å². The first-order valence-corrected chi connectivity index (χ1v) is 6.93. The van der Waals surface area contributed by atoms with Crippen LogP contribution in [0.3, 0.4) is 0 Å². The molecule has 0 aliphatic carbocycles. The van der Waals surface area contributed by atoms with Gasteiger partial charge >= 0.3 is 0 Å². The van der Waals surface area contributed by atoms with E-state index in [4.69, 9.17) is 4.74 Å². The molecule has 0 aromatic carbocycles. The molecule has 100 valence electrons. The standard InChI is InChI=1S/C14H23N3O/c1-11(2)13-9-14(17-10-16-13)15-7-6-12-5-3-4-8-18-12/h9-12H,3-8H2,1-2H3,(H,15,16,17)/t12-/m1/s1. The van der Waals surface area contributed by atoms with Crippen LogP contribution in [-0.4, -0.2) is 29.2 Å². The molecule has 4 heteroatoms. The Morgan fingerprint density at radius 2 is 2.28 bits per heavy atom. The van der Waals surface area contributed by atoms with Gasteiger partial charge in [-0.2, -0.15) is 0 Å². The molecule has 1 fully saturated rings. The first-order chi connectivity index (χ1) is 8.75. The second-order valence-electron chi connectivity index (χ2n) is 5.19. The number of rotatable bonds is 5. The summed E-state index contributed by atoms with van der Waals surface area (Å²) >= 11 is 0. The summed E-state index contributed by atoms with van der Waals surface area (Å²) in [6, 6.07) is 2.03. The predicted octanol–water partition coefficient (Wildman–Crippen LogP) is 2.97. The number of nitrogens with zero attached hydrogens (tertiary/aromatic N) is 2. The zero-order valence-electron chi connectivity index (χ0n) is 11.4. The van der Waals surface area contributed by atoms with Gasteiger partial charge in [-0.05, 0) is 31.6 Å². The van der Waals surface area contributed by atoms with Crippen molar-refractivity contribution in [2.45, 2.75) is 51.6 Å². The van der Waals surface area contributed by atoms with Gasteiger partial charge in [-0.1, -0.05) is 13.8 Å². The third-order valence-corrected chi connectivity index (χ3v) is 3.33. The minimum absolute atomic E-state index is 0.428. The van der Waals surface area contributed by atoms with Crippen LogP contribution in [0.2, 0.25) is 0 Å². The summed E-state index contributed by atoms with van der Waals surface area (Å²) in [6.07, 6.45) is 6.83. The molecule has 4 nitrogen and oxygen atoms in total. The minimum Gasteiger partial charge on any atom is -0.378 e. The average molecular weight is 249 g/mol. The van der Waals surface area contributed by atoms with Crippen LogP contribution in [0.15, 0.2) is 12.4 Å². The topological polar surface area (TPSA) is 47.0 Å². The van der Waals surface area contributed by atoms with Crippen molar-refractivity contribution in [3.8, 4) is 0 Å². The molecule has 0 amide bonds. The highest BCUT2D eigenvalue weighted by Gasteiger charge is 2.13. The van der Waals surface area contributed by atoms with E-state index in [1.54, 1.807) is 6.33 Å². The predicted molar refractivity (Wildman–Crippen MR) is 72.8 cm³/mol.